The monoisotopic (exact) mass is 468 g/mol. The van der Waals surface area contributed by atoms with Crippen molar-refractivity contribution >= 4 is 5.91 Å². The first-order chi connectivity index (χ1) is 16.7. The summed E-state index contributed by atoms with van der Waals surface area (Å²) in [6.45, 7) is 7.39. The Bertz CT molecular complexity index is 960. The zero-order valence-electron chi connectivity index (χ0n) is 20.5. The molecule has 2 fully saturated rings. The number of carbonyl (C=O) groups excluding carboxylic acids is 1. The maximum atomic E-state index is 13.3. The van der Waals surface area contributed by atoms with Crippen molar-refractivity contribution in [3.63, 3.8) is 0 Å². The van der Waals surface area contributed by atoms with Crippen LogP contribution in [0, 0.1) is 0 Å². The van der Waals surface area contributed by atoms with Crippen LogP contribution in [0.15, 0.2) is 42.5 Å². The Morgan fingerprint density at radius 1 is 0.971 bits per heavy atom. The molecule has 0 N–H and O–H groups in total. The van der Waals surface area contributed by atoms with E-state index in [1.165, 1.54) is 0 Å². The Labute approximate surface area is 202 Å². The summed E-state index contributed by atoms with van der Waals surface area (Å²) in [4.78, 5) is 17.7. The van der Waals surface area contributed by atoms with E-state index in [1.807, 2.05) is 47.4 Å². The number of carbonyl (C=O) groups is 1. The summed E-state index contributed by atoms with van der Waals surface area (Å²) in [5, 5.41) is 0. The number of ether oxygens (including phenoxy) is 4. The lowest BCUT2D eigenvalue weighted by Crippen LogP contribution is -2.61. The zero-order valence-corrected chi connectivity index (χ0v) is 20.5. The third-order valence-electron chi connectivity index (χ3n) is 6.74. The molecule has 34 heavy (non-hydrogen) atoms. The highest BCUT2D eigenvalue weighted by molar-refractivity contribution is 5.89. The topological polar surface area (TPSA) is 60.5 Å². The minimum atomic E-state index is -0.590. The molecule has 7 nitrogen and oxygen atoms in total. The summed E-state index contributed by atoms with van der Waals surface area (Å²) >= 11 is 0. The molecule has 2 aromatic rings. The van der Waals surface area contributed by atoms with E-state index in [9.17, 15) is 4.79 Å². The van der Waals surface area contributed by atoms with E-state index in [0.717, 1.165) is 80.5 Å². The molecule has 0 unspecified atom stereocenters. The van der Waals surface area contributed by atoms with E-state index in [2.05, 4.69) is 11.8 Å². The fourth-order valence-corrected chi connectivity index (χ4v) is 4.77. The van der Waals surface area contributed by atoms with Crippen molar-refractivity contribution in [3.8, 4) is 17.2 Å². The van der Waals surface area contributed by atoms with Gasteiger partial charge in [-0.15, -0.1) is 0 Å². The number of para-hydroxylation sites is 1. The number of hydrogen-bond donors (Lipinski definition) is 0. The second-order valence-corrected chi connectivity index (χ2v) is 8.75. The molecule has 4 rings (SSSR count). The van der Waals surface area contributed by atoms with Gasteiger partial charge in [0.1, 0.15) is 23.3 Å². The summed E-state index contributed by atoms with van der Waals surface area (Å²) in [7, 11) is 3.30. The molecule has 0 saturated carbocycles. The molecule has 7 heteroatoms. The molecule has 2 aliphatic rings. The maximum absolute atomic E-state index is 13.3. The molecule has 1 amide bonds. The SMILES string of the molecule is CCc1ccccc1O[C@@H]1C(=O)N(CCCCN2CCOCC2)[C@H]1c1cc(OC)ccc1OC. The van der Waals surface area contributed by atoms with Crippen molar-refractivity contribution in [2.75, 3.05) is 53.6 Å². The molecule has 2 atom stereocenters. The normalized spacial score (nSPS) is 20.7. The average molecular weight is 469 g/mol. The predicted molar refractivity (Wildman–Crippen MR) is 131 cm³/mol. The summed E-state index contributed by atoms with van der Waals surface area (Å²) in [5.74, 6) is 2.25. The van der Waals surface area contributed by atoms with Gasteiger partial charge in [0.05, 0.1) is 27.4 Å². The maximum Gasteiger partial charge on any atom is 0.266 e. The second-order valence-electron chi connectivity index (χ2n) is 8.75. The number of amides is 1. The van der Waals surface area contributed by atoms with Gasteiger partial charge in [-0.05, 0) is 55.6 Å². The largest absolute Gasteiger partial charge is 0.497 e. The highest BCUT2D eigenvalue weighted by Crippen LogP contribution is 2.43. The zero-order chi connectivity index (χ0) is 23.9. The van der Waals surface area contributed by atoms with Crippen molar-refractivity contribution in [2.45, 2.75) is 38.3 Å². The van der Waals surface area contributed by atoms with E-state index in [1.54, 1.807) is 14.2 Å². The number of aryl methyl sites for hydroxylation is 1. The molecule has 2 aromatic carbocycles. The van der Waals surface area contributed by atoms with Gasteiger partial charge in [0.15, 0.2) is 0 Å². The number of likely N-dealkylation sites (tertiary alicyclic amines) is 1. The van der Waals surface area contributed by atoms with Crippen LogP contribution in [0.25, 0.3) is 0 Å². The van der Waals surface area contributed by atoms with Crippen LogP contribution in [-0.2, 0) is 16.0 Å². The average Bonchev–Trinajstić information content (AvgIpc) is 2.89. The van der Waals surface area contributed by atoms with Gasteiger partial charge in [-0.2, -0.15) is 0 Å². The molecule has 184 valence electrons. The van der Waals surface area contributed by atoms with Gasteiger partial charge in [-0.1, -0.05) is 25.1 Å². The van der Waals surface area contributed by atoms with E-state index in [-0.39, 0.29) is 11.9 Å². The van der Waals surface area contributed by atoms with Crippen LogP contribution in [0.5, 0.6) is 17.2 Å². The van der Waals surface area contributed by atoms with Crippen LogP contribution in [0.2, 0.25) is 0 Å². The molecule has 2 heterocycles. The molecule has 0 aliphatic carbocycles. The van der Waals surface area contributed by atoms with Crippen LogP contribution in [0.1, 0.15) is 36.9 Å². The molecular formula is C27H36N2O5. The number of β-lactam (4-membered cyclic amide) rings is 1. The number of hydrogen-bond acceptors (Lipinski definition) is 6. The highest BCUT2D eigenvalue weighted by Gasteiger charge is 2.51. The van der Waals surface area contributed by atoms with Gasteiger partial charge in [0.2, 0.25) is 6.10 Å². The molecule has 0 spiro atoms. The lowest BCUT2D eigenvalue weighted by molar-refractivity contribution is -0.164. The quantitative estimate of drug-likeness (QED) is 0.370. The Hall–Kier alpha value is -2.77. The van der Waals surface area contributed by atoms with E-state index in [4.69, 9.17) is 18.9 Å². The van der Waals surface area contributed by atoms with Gasteiger partial charge in [-0.25, -0.2) is 0 Å². The minimum absolute atomic E-state index is 0.0205. The summed E-state index contributed by atoms with van der Waals surface area (Å²) < 4.78 is 22.9. The van der Waals surface area contributed by atoms with Gasteiger partial charge < -0.3 is 23.8 Å². The smallest absolute Gasteiger partial charge is 0.266 e. The highest BCUT2D eigenvalue weighted by atomic mass is 16.5. The van der Waals surface area contributed by atoms with E-state index >= 15 is 0 Å². The fourth-order valence-electron chi connectivity index (χ4n) is 4.77. The minimum Gasteiger partial charge on any atom is -0.497 e. The van der Waals surface area contributed by atoms with Crippen molar-refractivity contribution in [3.05, 3.63) is 53.6 Å². The van der Waals surface area contributed by atoms with Crippen LogP contribution in [-0.4, -0.2) is 75.4 Å². The summed E-state index contributed by atoms with van der Waals surface area (Å²) in [6.07, 6.45) is 2.23. The first kappa shape index (κ1) is 24.4. The molecule has 2 aliphatic heterocycles. The van der Waals surface area contributed by atoms with Crippen LogP contribution in [0.3, 0.4) is 0 Å². The van der Waals surface area contributed by atoms with Crippen molar-refractivity contribution in [1.82, 2.24) is 9.80 Å². The molecule has 0 bridgehead atoms. The van der Waals surface area contributed by atoms with Gasteiger partial charge in [-0.3, -0.25) is 9.69 Å². The lowest BCUT2D eigenvalue weighted by atomic mass is 9.89. The third-order valence-corrected chi connectivity index (χ3v) is 6.74. The first-order valence-electron chi connectivity index (χ1n) is 12.2. The molecule has 2 saturated heterocycles. The van der Waals surface area contributed by atoms with Crippen molar-refractivity contribution in [2.24, 2.45) is 0 Å². The van der Waals surface area contributed by atoms with Crippen molar-refractivity contribution < 1.29 is 23.7 Å². The Morgan fingerprint density at radius 2 is 1.74 bits per heavy atom. The Morgan fingerprint density at radius 3 is 2.47 bits per heavy atom. The standard InChI is InChI=1S/C27H36N2O5/c1-4-20-9-5-6-10-23(20)34-26-25(22-19-21(31-2)11-12-24(22)32-3)29(27(26)30)14-8-7-13-28-15-17-33-18-16-28/h5-6,9-12,19,25-26H,4,7-8,13-18H2,1-3H3/t25-,26-/m0/s1. The number of morpholine rings is 1. The number of nitrogens with zero attached hydrogens (tertiary/aromatic N) is 2. The Kier molecular flexibility index (Phi) is 8.29. The van der Waals surface area contributed by atoms with Gasteiger partial charge in [0.25, 0.3) is 5.91 Å². The molecule has 0 aromatic heterocycles. The number of methoxy groups -OCH3 is 2. The number of unbranched alkanes of at least 4 members (excludes halogenated alkanes) is 1. The van der Waals surface area contributed by atoms with Crippen LogP contribution in [0.4, 0.5) is 0 Å². The lowest BCUT2D eigenvalue weighted by Gasteiger charge is -2.47. The molecule has 0 radical (unpaired) electrons. The van der Waals surface area contributed by atoms with Crippen LogP contribution < -0.4 is 14.2 Å². The summed E-state index contributed by atoms with van der Waals surface area (Å²) in [5.41, 5.74) is 2.00. The number of rotatable bonds is 11. The van der Waals surface area contributed by atoms with E-state index < -0.39 is 6.10 Å². The third kappa shape index (κ3) is 5.31. The van der Waals surface area contributed by atoms with Crippen molar-refractivity contribution in [1.29, 1.82) is 0 Å². The van der Waals surface area contributed by atoms with E-state index in [0.29, 0.717) is 6.54 Å². The Balaban J connectivity index is 1.51. The van der Waals surface area contributed by atoms with Gasteiger partial charge in [0, 0.05) is 25.2 Å². The summed E-state index contributed by atoms with van der Waals surface area (Å²) in [6, 6.07) is 13.4. The predicted octanol–water partition coefficient (Wildman–Crippen LogP) is 3.71. The first-order valence-corrected chi connectivity index (χ1v) is 12.2. The van der Waals surface area contributed by atoms with Gasteiger partial charge >= 0.3 is 0 Å². The second kappa shape index (κ2) is 11.6. The number of benzene rings is 2. The van der Waals surface area contributed by atoms with Crippen LogP contribution >= 0.6 is 0 Å². The fraction of sp³-hybridized carbons (Fsp3) is 0.519. The molecular weight excluding hydrogens is 432 g/mol.